The molecule has 0 unspecified atom stereocenters. The summed E-state index contributed by atoms with van der Waals surface area (Å²) in [5.74, 6) is 0.0726. The maximum Gasteiger partial charge on any atom is 0.254 e. The summed E-state index contributed by atoms with van der Waals surface area (Å²) >= 11 is 0. The first-order valence-electron chi connectivity index (χ1n) is 39.5. The summed E-state index contributed by atoms with van der Waals surface area (Å²) < 4.78 is 19.6. The van der Waals surface area contributed by atoms with Crippen molar-refractivity contribution in [1.82, 2.24) is 99.8 Å². The molecule has 122 heavy (non-hydrogen) atoms. The lowest BCUT2D eigenvalue weighted by molar-refractivity contribution is 0.0992. The maximum absolute atomic E-state index is 14.2. The van der Waals surface area contributed by atoms with Crippen LogP contribution in [0.25, 0.3) is 27.6 Å². The molecule has 8 aromatic heterocycles. The van der Waals surface area contributed by atoms with Crippen LogP contribution in [0.3, 0.4) is 0 Å². The molecule has 4 saturated carbocycles. The number of anilines is 12. The molecule has 16 rings (SSSR count). The molecule has 0 aliphatic heterocycles. The Kier molecular flexibility index (Phi) is 27.9. The number of rotatable bonds is 25. The number of carbonyl (C=O) groups is 4. The molecule has 12 aromatic rings. The number of amides is 4. The summed E-state index contributed by atoms with van der Waals surface area (Å²) in [7, 11) is 1.57. The second kappa shape index (κ2) is 40.0. The largest absolute Gasteiger partial charge is 0.494 e. The third-order valence-electron chi connectivity index (χ3n) is 20.8. The molecular weight excluding hydrogens is 1570 g/mol. The van der Waals surface area contributed by atoms with Gasteiger partial charge in [0.2, 0.25) is 29.5 Å². The number of nitrogens with two attached hydrogens (primary N) is 8. The summed E-state index contributed by atoms with van der Waals surface area (Å²) in [4.78, 5) is 91.4. The van der Waals surface area contributed by atoms with Crippen molar-refractivity contribution in [2.24, 2.45) is 45.9 Å². The molecule has 8 heterocycles. The number of aryl methyl sites for hydroxylation is 1. The van der Waals surface area contributed by atoms with E-state index in [9.17, 15) is 23.6 Å². The molecule has 0 spiro atoms. The number of hydrogen-bond acceptors (Lipinski definition) is 33. The van der Waals surface area contributed by atoms with Crippen molar-refractivity contribution in [2.75, 3.05) is 49.6 Å². The summed E-state index contributed by atoms with van der Waals surface area (Å²) in [6.45, 7) is 9.34. The zero-order valence-electron chi connectivity index (χ0n) is 66.7. The van der Waals surface area contributed by atoms with Gasteiger partial charge in [-0.15, -0.1) is 9.59 Å². The molecule has 0 radical (unpaired) electrons. The predicted molar refractivity (Wildman–Crippen MR) is 454 cm³/mol. The number of nitrogens with one attached hydrogen (secondary N) is 8. The van der Waals surface area contributed by atoms with E-state index in [0.717, 1.165) is 124 Å². The lowest BCUT2D eigenvalue weighted by atomic mass is 9.91. The molecule has 4 fully saturated rings. The van der Waals surface area contributed by atoms with Crippen LogP contribution >= 0.6 is 0 Å². The fraction of sp³-hybridized carbons (Fsp3) is 0.329. The molecule has 24 N–H and O–H groups in total. The van der Waals surface area contributed by atoms with Crippen molar-refractivity contribution in [1.29, 1.82) is 0 Å². The number of primary amides is 4. The van der Waals surface area contributed by atoms with Crippen LogP contribution < -0.4 is 93.1 Å². The van der Waals surface area contributed by atoms with E-state index < -0.39 is 29.4 Å². The van der Waals surface area contributed by atoms with Gasteiger partial charge >= 0.3 is 0 Å². The second-order valence-electron chi connectivity index (χ2n) is 29.2. The first-order valence-corrected chi connectivity index (χ1v) is 39.5. The summed E-state index contributed by atoms with van der Waals surface area (Å²) in [6, 6.07) is 20.8. The fourth-order valence-corrected chi connectivity index (χ4v) is 14.3. The van der Waals surface area contributed by atoms with E-state index in [1.807, 2.05) is 25.1 Å². The van der Waals surface area contributed by atoms with Crippen LogP contribution in [0.5, 0.6) is 5.75 Å². The number of aromatic nitrogens is 20. The Hall–Kier alpha value is -14.9. The molecule has 4 aliphatic carbocycles. The minimum absolute atomic E-state index is 0.0100. The van der Waals surface area contributed by atoms with Gasteiger partial charge in [0.1, 0.15) is 62.6 Å². The Labute approximate surface area is 698 Å². The monoisotopic (exact) mass is 1660 g/mol. The normalized spacial score (nSPS) is 18.5. The molecule has 0 bridgehead atoms. The van der Waals surface area contributed by atoms with Gasteiger partial charge in [0.05, 0.1) is 74.6 Å². The van der Waals surface area contributed by atoms with Crippen LogP contribution in [0.4, 0.5) is 79.9 Å². The lowest BCUT2D eigenvalue weighted by Gasteiger charge is -2.29. The quantitative estimate of drug-likeness (QED) is 0.0249. The highest BCUT2D eigenvalue weighted by Gasteiger charge is 2.29. The number of carbonyl (C=O) groups excluding carboxylic acids is 4. The average molecular weight is 1660 g/mol. The Morgan fingerprint density at radius 2 is 0.672 bits per heavy atom. The maximum atomic E-state index is 14.2. The van der Waals surface area contributed by atoms with Crippen molar-refractivity contribution in [2.45, 2.75) is 158 Å². The van der Waals surface area contributed by atoms with Gasteiger partial charge < -0.3 is 93.1 Å². The van der Waals surface area contributed by atoms with Gasteiger partial charge in [-0.3, -0.25) is 19.2 Å². The zero-order valence-corrected chi connectivity index (χ0v) is 66.7. The van der Waals surface area contributed by atoms with Gasteiger partial charge in [-0.2, -0.15) is 70.3 Å². The van der Waals surface area contributed by atoms with Crippen LogP contribution in [0.2, 0.25) is 0 Å². The van der Waals surface area contributed by atoms with Crippen LogP contribution in [0.15, 0.2) is 147 Å². The number of nitrogens with zero attached hydrogens (tertiary/aromatic N) is 21. The third kappa shape index (κ3) is 21.7. The lowest BCUT2D eigenvalue weighted by Crippen LogP contribution is -2.43. The van der Waals surface area contributed by atoms with E-state index in [-0.39, 0.29) is 87.9 Å². The van der Waals surface area contributed by atoms with Crippen molar-refractivity contribution < 1.29 is 28.3 Å². The Balaban J connectivity index is 0.000000140. The Morgan fingerprint density at radius 3 is 1.00 bits per heavy atom. The van der Waals surface area contributed by atoms with E-state index in [1.54, 1.807) is 68.3 Å². The second-order valence-corrected chi connectivity index (χ2v) is 29.2. The highest BCUT2D eigenvalue weighted by Crippen LogP contribution is 2.34. The van der Waals surface area contributed by atoms with Crippen molar-refractivity contribution in [3.8, 4) is 28.5 Å². The van der Waals surface area contributed by atoms with E-state index in [2.05, 4.69) is 128 Å². The number of ether oxygens (including phenoxy) is 1. The molecule has 43 heteroatoms. The fourth-order valence-electron chi connectivity index (χ4n) is 14.3. The van der Waals surface area contributed by atoms with Gasteiger partial charge in [0.15, 0.2) is 5.82 Å². The van der Waals surface area contributed by atoms with Crippen LogP contribution in [-0.2, 0) is 0 Å². The molecular formula is C79H94FN37O5. The molecule has 42 nitrogen and oxygen atoms in total. The third-order valence-corrected chi connectivity index (χ3v) is 20.8. The molecule has 0 saturated heterocycles. The van der Waals surface area contributed by atoms with Gasteiger partial charge in [0, 0.05) is 95.9 Å². The van der Waals surface area contributed by atoms with E-state index in [0.29, 0.717) is 75.3 Å². The highest BCUT2D eigenvalue weighted by molar-refractivity contribution is 6.00. The number of halogens is 1. The van der Waals surface area contributed by atoms with Crippen LogP contribution in [-0.4, -0.2) is 179 Å². The van der Waals surface area contributed by atoms with Gasteiger partial charge in [0.25, 0.3) is 23.6 Å². The minimum atomic E-state index is -0.686. The highest BCUT2D eigenvalue weighted by atomic mass is 19.1. The predicted octanol–water partition coefficient (Wildman–Crippen LogP) is 7.33. The Bertz CT molecular complexity index is 5450. The SMILES string of the molecule is COc1ccc(Nc2nc(N[C@@H]3CCCC[C@@H]3N)ncc2C(N)=O)cc1-n1nccn1.Cc1ccc(Nc2nc(N[C@@H]3CCCC[C@@H]3N)ncc2C(N)=O)cc1-n1nccn1.NC(=O)c1cnc(N[C@@H]2CCCC[C@@H]2N)nc1Nc1ccc(F)c(-n2nccn2)c1.[C-]#[N+]c1ccc(Nc2nc(N[C@@H]3CCCC[C@@H]3N)ncc2C(N)=O)cc1-n1nccn1. The molecule has 4 amide bonds. The van der Waals surface area contributed by atoms with E-state index in [4.69, 9.17) is 57.2 Å². The number of methoxy groups -OCH3 is 1. The summed E-state index contributed by atoms with van der Waals surface area (Å²) in [6.07, 6.45) is 34.3. The standard InChI is InChI=1S/C20H22N10O.C20H25N9O2.C20H25N9O.C19H22FN9O/c1-23-16-7-6-12(10-17(16)30-25-8-9-26-30)27-19-13(18(22)31)11-24-20(29-19)28-15-5-3-2-4-14(15)21;1-31-17-7-6-12(10-16(17)29-24-8-9-25-29)26-19-13(18(22)30)11-23-20(28-19)27-15-5-3-2-4-14(15)21;1-12-6-7-13(10-17(12)29-24-8-9-25-29)26-19-14(18(22)30)11-23-20(28-19)27-16-5-3-2-4-15(16)21;20-13-6-5-11(9-16(13)29-24-7-8-25-29)26-18-12(17(22)30)10-23-19(28-18)27-15-4-2-1-3-14(15)21/h6-11,14-15H,2-5,21H2,(H2,22,31)(H2,24,27,28,29);6-11,14-15H,2-5,21H2,1H3,(H2,22,30)(H2,23,26,27,28);6-11,15-16H,2-5,21H2,1H3,(H2,22,30)(H2,23,26,27,28);5-10,14-15H,1-4,21H2,(H2,22,30)(H2,23,26,27,28)/t2*14-,15+;15-,16+;14-,15+/m0000/s1. The first kappa shape index (κ1) is 85.0. The van der Waals surface area contributed by atoms with Gasteiger partial charge in [-0.05, 0) is 125 Å². The van der Waals surface area contributed by atoms with Crippen molar-refractivity contribution >= 4 is 99.1 Å². The van der Waals surface area contributed by atoms with Crippen LogP contribution in [0.1, 0.15) is 150 Å². The van der Waals surface area contributed by atoms with Crippen molar-refractivity contribution in [3.63, 3.8) is 0 Å². The van der Waals surface area contributed by atoms with Crippen molar-refractivity contribution in [3.05, 3.63) is 192 Å². The van der Waals surface area contributed by atoms with E-state index >= 15 is 0 Å². The molecule has 4 aromatic carbocycles. The number of benzene rings is 4. The minimum Gasteiger partial charge on any atom is -0.494 e. The summed E-state index contributed by atoms with van der Waals surface area (Å²) in [5.41, 5.74) is 53.4. The zero-order chi connectivity index (χ0) is 85.8. The van der Waals surface area contributed by atoms with Crippen LogP contribution in [0, 0.1) is 19.3 Å². The Morgan fingerprint density at radius 1 is 0.393 bits per heavy atom. The topological polar surface area (TPSA) is 612 Å². The number of hydrogen-bond donors (Lipinski definition) is 16. The molecule has 4 aliphatic rings. The molecule has 632 valence electrons. The first-order chi connectivity index (χ1) is 59.1. The van der Waals surface area contributed by atoms with Gasteiger partial charge in [-0.1, -0.05) is 63.5 Å². The van der Waals surface area contributed by atoms with E-state index in [1.165, 1.54) is 82.2 Å². The van der Waals surface area contributed by atoms with Gasteiger partial charge in [-0.25, -0.2) is 29.2 Å². The average Bonchev–Trinajstić information content (AvgIpc) is 0.912. The smallest absolute Gasteiger partial charge is 0.254 e. The molecule has 8 atom stereocenters. The summed E-state index contributed by atoms with van der Waals surface area (Å²) in [5, 5.41) is 58.3.